The first-order chi connectivity index (χ1) is 13.3. The summed E-state index contributed by atoms with van der Waals surface area (Å²) < 4.78 is 1.63. The van der Waals surface area contributed by atoms with Crippen LogP contribution >= 0.6 is 23.1 Å². The van der Waals surface area contributed by atoms with Crippen LogP contribution in [0.5, 0.6) is 0 Å². The number of aryl methyl sites for hydroxylation is 3. The SMILES string of the molecule is Cc1cccc(-n2c(SCC(=O)NCC(C)C)nc3sc(C)c(C)c3c2=O)c1. The Labute approximate surface area is 173 Å². The fourth-order valence-corrected chi connectivity index (χ4v) is 4.78. The van der Waals surface area contributed by atoms with Crippen molar-refractivity contribution in [1.29, 1.82) is 0 Å². The molecule has 3 aromatic rings. The molecule has 0 radical (unpaired) electrons. The first-order valence-corrected chi connectivity index (χ1v) is 11.1. The monoisotopic (exact) mass is 415 g/mol. The summed E-state index contributed by atoms with van der Waals surface area (Å²) in [5, 5.41) is 4.12. The second-order valence-electron chi connectivity index (χ2n) is 7.32. The van der Waals surface area contributed by atoms with Crippen molar-refractivity contribution in [1.82, 2.24) is 14.9 Å². The van der Waals surface area contributed by atoms with Crippen molar-refractivity contribution >= 4 is 39.2 Å². The molecule has 0 atom stereocenters. The summed E-state index contributed by atoms with van der Waals surface area (Å²) >= 11 is 2.82. The third-order valence-electron chi connectivity index (χ3n) is 4.47. The number of fused-ring (bicyclic) bond motifs is 1. The number of thiophene rings is 1. The molecule has 2 heterocycles. The summed E-state index contributed by atoms with van der Waals surface area (Å²) in [5.74, 6) is 0.563. The van der Waals surface area contributed by atoms with E-state index >= 15 is 0 Å². The van der Waals surface area contributed by atoms with Gasteiger partial charge in [-0.15, -0.1) is 11.3 Å². The first kappa shape index (κ1) is 20.6. The largest absolute Gasteiger partial charge is 0.355 e. The zero-order valence-electron chi connectivity index (χ0n) is 16.8. The van der Waals surface area contributed by atoms with E-state index in [0.29, 0.717) is 23.0 Å². The molecular formula is C21H25N3O2S2. The molecule has 0 saturated carbocycles. The molecule has 0 aliphatic carbocycles. The molecule has 1 aromatic carbocycles. The summed E-state index contributed by atoms with van der Waals surface area (Å²) in [4.78, 5) is 32.1. The van der Waals surface area contributed by atoms with E-state index < -0.39 is 0 Å². The number of amides is 1. The third-order valence-corrected chi connectivity index (χ3v) is 6.51. The molecule has 0 saturated heterocycles. The van der Waals surface area contributed by atoms with Crippen molar-refractivity contribution in [2.24, 2.45) is 5.92 Å². The topological polar surface area (TPSA) is 64.0 Å². The molecule has 28 heavy (non-hydrogen) atoms. The van der Waals surface area contributed by atoms with Crippen LogP contribution in [0.2, 0.25) is 0 Å². The predicted molar refractivity (Wildman–Crippen MR) is 118 cm³/mol. The van der Waals surface area contributed by atoms with Gasteiger partial charge >= 0.3 is 0 Å². The quantitative estimate of drug-likeness (QED) is 0.483. The summed E-state index contributed by atoms with van der Waals surface area (Å²) in [6, 6.07) is 7.79. The molecule has 5 nitrogen and oxygen atoms in total. The Balaban J connectivity index is 2.06. The van der Waals surface area contributed by atoms with Gasteiger partial charge in [-0.05, 0) is 49.9 Å². The van der Waals surface area contributed by atoms with Gasteiger partial charge in [0.05, 0.1) is 16.8 Å². The van der Waals surface area contributed by atoms with Gasteiger partial charge in [-0.3, -0.25) is 14.2 Å². The van der Waals surface area contributed by atoms with Crippen LogP contribution in [0, 0.1) is 26.7 Å². The van der Waals surface area contributed by atoms with E-state index in [1.165, 1.54) is 23.1 Å². The number of carbonyl (C=O) groups is 1. The van der Waals surface area contributed by atoms with Crippen LogP contribution in [0.15, 0.2) is 34.2 Å². The fourth-order valence-electron chi connectivity index (χ4n) is 2.87. The lowest BCUT2D eigenvalue weighted by Crippen LogP contribution is -2.29. The molecule has 0 spiro atoms. The minimum Gasteiger partial charge on any atom is -0.355 e. The molecule has 1 N–H and O–H groups in total. The minimum absolute atomic E-state index is 0.0534. The number of carbonyl (C=O) groups excluding carboxylic acids is 1. The van der Waals surface area contributed by atoms with E-state index in [0.717, 1.165) is 26.5 Å². The average molecular weight is 416 g/mol. The van der Waals surface area contributed by atoms with Crippen molar-refractivity contribution < 1.29 is 4.79 Å². The van der Waals surface area contributed by atoms with Crippen molar-refractivity contribution in [2.45, 2.75) is 39.8 Å². The number of nitrogens with one attached hydrogen (secondary N) is 1. The van der Waals surface area contributed by atoms with Gasteiger partial charge in [-0.1, -0.05) is 37.7 Å². The standard InChI is InChI=1S/C21H25N3O2S2/c1-12(2)10-22-17(25)11-27-21-23-19-18(14(4)15(5)28-19)20(26)24(21)16-8-6-7-13(3)9-16/h6-9,12H,10-11H2,1-5H3,(H,22,25). The summed E-state index contributed by atoms with van der Waals surface area (Å²) in [6.45, 7) is 10.7. The van der Waals surface area contributed by atoms with Gasteiger partial charge in [0.1, 0.15) is 4.83 Å². The van der Waals surface area contributed by atoms with Gasteiger partial charge in [-0.25, -0.2) is 4.98 Å². The zero-order valence-corrected chi connectivity index (χ0v) is 18.5. The maximum absolute atomic E-state index is 13.4. The van der Waals surface area contributed by atoms with Crippen LogP contribution in [-0.2, 0) is 4.79 Å². The van der Waals surface area contributed by atoms with Crippen molar-refractivity contribution in [2.75, 3.05) is 12.3 Å². The Morgan fingerprint density at radius 3 is 2.71 bits per heavy atom. The third kappa shape index (κ3) is 4.31. The average Bonchev–Trinajstić information content (AvgIpc) is 2.92. The van der Waals surface area contributed by atoms with Crippen molar-refractivity contribution in [3.63, 3.8) is 0 Å². The highest BCUT2D eigenvalue weighted by atomic mass is 32.2. The second kappa shape index (κ2) is 8.49. The maximum atomic E-state index is 13.4. The molecule has 0 aliphatic heterocycles. The van der Waals surface area contributed by atoms with Crippen LogP contribution in [0.4, 0.5) is 0 Å². The molecule has 148 valence electrons. The highest BCUT2D eigenvalue weighted by Crippen LogP contribution is 2.29. The number of thioether (sulfide) groups is 1. The molecule has 2 aromatic heterocycles. The molecule has 7 heteroatoms. The van der Waals surface area contributed by atoms with Gasteiger partial charge < -0.3 is 5.32 Å². The van der Waals surface area contributed by atoms with E-state index in [9.17, 15) is 9.59 Å². The molecule has 3 rings (SSSR count). The van der Waals surface area contributed by atoms with Gasteiger partial charge in [-0.2, -0.15) is 0 Å². The summed E-state index contributed by atoms with van der Waals surface area (Å²) in [7, 11) is 0. The maximum Gasteiger partial charge on any atom is 0.267 e. The molecule has 0 aliphatic rings. The number of nitrogens with zero attached hydrogens (tertiary/aromatic N) is 2. The molecule has 0 unspecified atom stereocenters. The van der Waals surface area contributed by atoms with Crippen LogP contribution in [0.25, 0.3) is 15.9 Å². The van der Waals surface area contributed by atoms with Crippen LogP contribution in [-0.4, -0.2) is 27.8 Å². The molecular weight excluding hydrogens is 390 g/mol. The lowest BCUT2D eigenvalue weighted by molar-refractivity contribution is -0.118. The van der Waals surface area contributed by atoms with E-state index in [-0.39, 0.29) is 17.2 Å². The Kier molecular flexibility index (Phi) is 6.25. The van der Waals surface area contributed by atoms with Gasteiger partial charge in [0.15, 0.2) is 5.16 Å². The van der Waals surface area contributed by atoms with E-state index in [1.54, 1.807) is 4.57 Å². The number of benzene rings is 1. The number of hydrogen-bond donors (Lipinski definition) is 1. The Bertz CT molecular complexity index is 1080. The Hall–Kier alpha value is -2.12. The summed E-state index contributed by atoms with van der Waals surface area (Å²) in [6.07, 6.45) is 0. The van der Waals surface area contributed by atoms with Gasteiger partial charge in [0.25, 0.3) is 5.56 Å². The molecule has 0 fully saturated rings. The minimum atomic E-state index is -0.0810. The second-order valence-corrected chi connectivity index (χ2v) is 9.47. The normalized spacial score (nSPS) is 11.4. The number of aromatic nitrogens is 2. The Morgan fingerprint density at radius 2 is 2.04 bits per heavy atom. The lowest BCUT2D eigenvalue weighted by atomic mass is 10.2. The van der Waals surface area contributed by atoms with Crippen LogP contribution < -0.4 is 10.9 Å². The van der Waals surface area contributed by atoms with Crippen LogP contribution in [0.1, 0.15) is 29.9 Å². The summed E-state index contributed by atoms with van der Waals surface area (Å²) in [5.41, 5.74) is 2.73. The highest BCUT2D eigenvalue weighted by molar-refractivity contribution is 7.99. The number of hydrogen-bond acceptors (Lipinski definition) is 5. The van der Waals surface area contributed by atoms with Gasteiger partial charge in [0.2, 0.25) is 5.91 Å². The highest BCUT2D eigenvalue weighted by Gasteiger charge is 2.19. The predicted octanol–water partition coefficient (Wildman–Crippen LogP) is 4.24. The molecule has 1 amide bonds. The smallest absolute Gasteiger partial charge is 0.267 e. The van der Waals surface area contributed by atoms with Crippen LogP contribution in [0.3, 0.4) is 0 Å². The Morgan fingerprint density at radius 1 is 1.29 bits per heavy atom. The molecule has 0 bridgehead atoms. The number of rotatable bonds is 6. The van der Waals surface area contributed by atoms with Crippen molar-refractivity contribution in [3.8, 4) is 5.69 Å². The fraction of sp³-hybridized carbons (Fsp3) is 0.381. The van der Waals surface area contributed by atoms with Gasteiger partial charge in [0, 0.05) is 11.4 Å². The van der Waals surface area contributed by atoms with E-state index in [1.807, 2.05) is 45.0 Å². The first-order valence-electron chi connectivity index (χ1n) is 9.27. The van der Waals surface area contributed by atoms with Crippen molar-refractivity contribution in [3.05, 3.63) is 50.6 Å². The van der Waals surface area contributed by atoms with E-state index in [2.05, 4.69) is 19.2 Å². The zero-order chi connectivity index (χ0) is 20.4. The van der Waals surface area contributed by atoms with E-state index in [4.69, 9.17) is 4.98 Å². The lowest BCUT2D eigenvalue weighted by Gasteiger charge is -2.13.